The van der Waals surface area contributed by atoms with Crippen molar-refractivity contribution in [2.24, 2.45) is 11.5 Å². The summed E-state index contributed by atoms with van der Waals surface area (Å²) < 4.78 is 0. The molecule has 0 unspecified atom stereocenters. The van der Waals surface area contributed by atoms with Gasteiger partial charge in [-0.05, 0) is 37.1 Å². The van der Waals surface area contributed by atoms with Crippen molar-refractivity contribution in [1.82, 2.24) is 0 Å². The largest absolute Gasteiger partial charge is 0.378 e. The van der Waals surface area contributed by atoms with Crippen molar-refractivity contribution in [3.05, 3.63) is 28.8 Å². The molecule has 4 N–H and O–H groups in total. The molecule has 0 aromatic heterocycles. The highest BCUT2D eigenvalue weighted by Crippen LogP contribution is 2.28. The van der Waals surface area contributed by atoms with Crippen LogP contribution in [0.5, 0.6) is 0 Å². The monoisotopic (exact) mass is 277 g/mol. The fourth-order valence-corrected chi connectivity index (χ4v) is 1.90. The summed E-state index contributed by atoms with van der Waals surface area (Å²) in [5.74, 6) is 0. The fourth-order valence-electron chi connectivity index (χ4n) is 1.59. The lowest BCUT2D eigenvalue weighted by Crippen LogP contribution is -2.14. The second-order valence-corrected chi connectivity index (χ2v) is 4.54. The Labute approximate surface area is 115 Å². The third-order valence-electron chi connectivity index (χ3n) is 2.62. The summed E-state index contributed by atoms with van der Waals surface area (Å²) in [6, 6.07) is 5.95. The van der Waals surface area contributed by atoms with Gasteiger partial charge >= 0.3 is 0 Å². The number of halogens is 2. The highest BCUT2D eigenvalue weighted by molar-refractivity contribution is 6.31. The molecule has 1 rings (SSSR count). The zero-order valence-corrected chi connectivity index (χ0v) is 11.9. The lowest BCUT2D eigenvalue weighted by molar-refractivity contribution is 0.618. The van der Waals surface area contributed by atoms with E-state index >= 15 is 0 Å². The summed E-state index contributed by atoms with van der Waals surface area (Å²) in [4.78, 5) is 2.01. The maximum Gasteiger partial charge on any atom is 0.0474 e. The highest BCUT2D eigenvalue weighted by Gasteiger charge is 2.10. The van der Waals surface area contributed by atoms with Crippen LogP contribution in [0.2, 0.25) is 5.02 Å². The van der Waals surface area contributed by atoms with Crippen LogP contribution in [0.1, 0.15) is 24.4 Å². The van der Waals surface area contributed by atoms with Crippen molar-refractivity contribution >= 4 is 29.7 Å². The average molecular weight is 278 g/mol. The number of nitrogens with zero attached hydrogens (tertiary/aromatic N) is 1. The molecule has 0 saturated heterocycles. The van der Waals surface area contributed by atoms with E-state index in [1.807, 2.05) is 37.2 Å². The molecule has 3 nitrogen and oxygen atoms in total. The number of nitrogens with two attached hydrogens (primary N) is 2. The first-order chi connectivity index (χ1) is 7.56. The van der Waals surface area contributed by atoms with E-state index in [1.165, 1.54) is 0 Å². The summed E-state index contributed by atoms with van der Waals surface area (Å²) in [5, 5.41) is 0.732. The third kappa shape index (κ3) is 4.72. The minimum Gasteiger partial charge on any atom is -0.378 e. The lowest BCUT2D eigenvalue weighted by atomic mass is 10.0. The number of rotatable bonds is 5. The van der Waals surface area contributed by atoms with Gasteiger partial charge in [-0.3, -0.25) is 0 Å². The summed E-state index contributed by atoms with van der Waals surface area (Å²) in [7, 11) is 3.97. The van der Waals surface area contributed by atoms with E-state index in [2.05, 4.69) is 0 Å². The zero-order valence-electron chi connectivity index (χ0n) is 10.3. The van der Waals surface area contributed by atoms with Crippen LogP contribution >= 0.6 is 24.0 Å². The lowest BCUT2D eigenvalue weighted by Gasteiger charge is -2.17. The van der Waals surface area contributed by atoms with Crippen LogP contribution in [-0.4, -0.2) is 20.6 Å². The van der Waals surface area contributed by atoms with E-state index in [4.69, 9.17) is 23.1 Å². The number of anilines is 1. The van der Waals surface area contributed by atoms with E-state index in [-0.39, 0.29) is 18.4 Å². The highest BCUT2D eigenvalue weighted by atomic mass is 35.5. The molecule has 5 heteroatoms. The Morgan fingerprint density at radius 3 is 2.47 bits per heavy atom. The Morgan fingerprint density at radius 2 is 2.00 bits per heavy atom. The molecule has 98 valence electrons. The number of hydrogen-bond acceptors (Lipinski definition) is 3. The molecule has 1 atom stereocenters. The Kier molecular flexibility index (Phi) is 7.55. The van der Waals surface area contributed by atoms with Gasteiger partial charge in [0, 0.05) is 30.8 Å². The third-order valence-corrected chi connectivity index (χ3v) is 2.95. The van der Waals surface area contributed by atoms with Gasteiger partial charge in [0.05, 0.1) is 0 Å². The van der Waals surface area contributed by atoms with Gasteiger partial charge in [0.15, 0.2) is 0 Å². The van der Waals surface area contributed by atoms with Gasteiger partial charge in [0.1, 0.15) is 0 Å². The van der Waals surface area contributed by atoms with Gasteiger partial charge < -0.3 is 16.4 Å². The molecule has 0 spiro atoms. The van der Waals surface area contributed by atoms with E-state index in [0.717, 1.165) is 29.1 Å². The molecule has 0 aliphatic rings. The van der Waals surface area contributed by atoms with Crippen LogP contribution in [0.15, 0.2) is 18.2 Å². The molecule has 0 heterocycles. The summed E-state index contributed by atoms with van der Waals surface area (Å²) in [6.07, 6.45) is 1.80. The SMILES string of the molecule is CN(C)c1ccc([C@H](N)CCCN)c(Cl)c1.Cl. The number of hydrogen-bond donors (Lipinski definition) is 2. The average Bonchev–Trinajstić information content (AvgIpc) is 2.25. The fraction of sp³-hybridized carbons (Fsp3) is 0.500. The Hall–Kier alpha value is -0.480. The van der Waals surface area contributed by atoms with Gasteiger partial charge in [-0.2, -0.15) is 0 Å². The molecule has 1 aromatic carbocycles. The Balaban J connectivity index is 0.00000256. The second kappa shape index (κ2) is 7.77. The first-order valence-electron chi connectivity index (χ1n) is 5.48. The minimum absolute atomic E-state index is 0. The van der Waals surface area contributed by atoms with Crippen LogP contribution in [-0.2, 0) is 0 Å². The van der Waals surface area contributed by atoms with Crippen molar-refractivity contribution in [3.63, 3.8) is 0 Å². The van der Waals surface area contributed by atoms with E-state index in [0.29, 0.717) is 6.54 Å². The van der Waals surface area contributed by atoms with Crippen LogP contribution in [0.3, 0.4) is 0 Å². The van der Waals surface area contributed by atoms with Crippen molar-refractivity contribution < 1.29 is 0 Å². The maximum absolute atomic E-state index is 6.21. The number of benzene rings is 1. The topological polar surface area (TPSA) is 55.3 Å². The zero-order chi connectivity index (χ0) is 12.1. The standard InChI is InChI=1S/C12H20ClN3.ClH/c1-16(2)9-5-6-10(11(13)8-9)12(15)4-3-7-14;/h5-6,8,12H,3-4,7,14-15H2,1-2H3;1H/t12-;/m1./s1. The minimum atomic E-state index is -0.0211. The van der Waals surface area contributed by atoms with Gasteiger partial charge in [-0.15, -0.1) is 12.4 Å². The van der Waals surface area contributed by atoms with E-state index < -0.39 is 0 Å². The smallest absolute Gasteiger partial charge is 0.0474 e. The molecule has 1 aromatic rings. The molecular formula is C12H21Cl2N3. The van der Waals surface area contributed by atoms with Crippen molar-refractivity contribution in [3.8, 4) is 0 Å². The molecule has 17 heavy (non-hydrogen) atoms. The van der Waals surface area contributed by atoms with E-state index in [1.54, 1.807) is 0 Å². The van der Waals surface area contributed by atoms with Crippen LogP contribution in [0, 0.1) is 0 Å². The van der Waals surface area contributed by atoms with E-state index in [9.17, 15) is 0 Å². The van der Waals surface area contributed by atoms with Crippen molar-refractivity contribution in [1.29, 1.82) is 0 Å². The quantitative estimate of drug-likeness (QED) is 0.870. The first-order valence-corrected chi connectivity index (χ1v) is 5.86. The molecule has 0 fully saturated rings. The Bertz CT molecular complexity index is 343. The Morgan fingerprint density at radius 1 is 1.35 bits per heavy atom. The molecule has 0 aliphatic carbocycles. The molecule has 0 amide bonds. The van der Waals surface area contributed by atoms with Crippen LogP contribution < -0.4 is 16.4 Å². The molecule has 0 radical (unpaired) electrons. The van der Waals surface area contributed by atoms with Crippen molar-refractivity contribution in [2.45, 2.75) is 18.9 Å². The van der Waals surface area contributed by atoms with Gasteiger partial charge in [0.25, 0.3) is 0 Å². The summed E-state index contributed by atoms with van der Waals surface area (Å²) in [5.41, 5.74) is 13.6. The van der Waals surface area contributed by atoms with Gasteiger partial charge in [-0.25, -0.2) is 0 Å². The molecular weight excluding hydrogens is 257 g/mol. The van der Waals surface area contributed by atoms with Crippen molar-refractivity contribution in [2.75, 3.05) is 25.5 Å². The van der Waals surface area contributed by atoms with Gasteiger partial charge in [0.2, 0.25) is 0 Å². The maximum atomic E-state index is 6.21. The van der Waals surface area contributed by atoms with Crippen LogP contribution in [0.4, 0.5) is 5.69 Å². The normalized spacial score (nSPS) is 11.8. The van der Waals surface area contributed by atoms with Gasteiger partial charge in [-0.1, -0.05) is 17.7 Å². The molecule has 0 aliphatic heterocycles. The summed E-state index contributed by atoms with van der Waals surface area (Å²) >= 11 is 6.21. The molecule has 0 saturated carbocycles. The second-order valence-electron chi connectivity index (χ2n) is 4.14. The predicted molar refractivity (Wildman–Crippen MR) is 78.2 cm³/mol. The summed E-state index contributed by atoms with van der Waals surface area (Å²) in [6.45, 7) is 0.668. The molecule has 0 bridgehead atoms. The predicted octanol–water partition coefficient (Wildman–Crippen LogP) is 2.57. The first kappa shape index (κ1) is 16.5. The van der Waals surface area contributed by atoms with Crippen LogP contribution in [0.25, 0.3) is 0 Å².